The van der Waals surface area contributed by atoms with Crippen LogP contribution in [-0.2, 0) is 18.8 Å². The minimum absolute atomic E-state index is 0.0494. The van der Waals surface area contributed by atoms with Gasteiger partial charge in [-0.3, -0.25) is 13.9 Å². The van der Waals surface area contributed by atoms with Crippen LogP contribution < -0.4 is 21.5 Å². The van der Waals surface area contributed by atoms with Crippen molar-refractivity contribution in [3.8, 4) is 0 Å². The number of alkyl carbamates (subject to hydrolysis) is 1. The Morgan fingerprint density at radius 1 is 1.26 bits per heavy atom. The Labute approximate surface area is 156 Å². The van der Waals surface area contributed by atoms with Gasteiger partial charge in [-0.15, -0.1) is 0 Å². The summed E-state index contributed by atoms with van der Waals surface area (Å²) >= 11 is 0. The molecule has 1 amide bonds. The van der Waals surface area contributed by atoms with Crippen LogP contribution in [0.2, 0.25) is 0 Å². The van der Waals surface area contributed by atoms with E-state index in [9.17, 15) is 14.4 Å². The Morgan fingerprint density at radius 3 is 2.63 bits per heavy atom. The Morgan fingerprint density at radius 2 is 1.96 bits per heavy atom. The van der Waals surface area contributed by atoms with Gasteiger partial charge in [0.25, 0.3) is 5.56 Å². The number of ether oxygens (including phenoxy) is 1. The largest absolute Gasteiger partial charge is 0.444 e. The Balaban J connectivity index is 1.82. The fourth-order valence-electron chi connectivity index (χ4n) is 3.40. The molecular weight excluding hydrogens is 350 g/mol. The van der Waals surface area contributed by atoms with Gasteiger partial charge in [-0.05, 0) is 33.6 Å². The smallest absolute Gasteiger partial charge is 0.407 e. The van der Waals surface area contributed by atoms with Crippen molar-refractivity contribution in [1.29, 1.82) is 0 Å². The van der Waals surface area contributed by atoms with Crippen LogP contribution >= 0.6 is 0 Å². The van der Waals surface area contributed by atoms with Crippen LogP contribution in [0.25, 0.3) is 11.0 Å². The number of nitrogens with zero attached hydrogens (tertiary/aromatic N) is 3. The van der Waals surface area contributed by atoms with Crippen molar-refractivity contribution in [3.63, 3.8) is 0 Å². The molecule has 0 spiro atoms. The SMILES string of the molecule is Cn1c(=O)c2[nH]c(N3CCC[C@H](NC(=O)OC(C)(C)C)C3)cc2n(C)c1=O. The van der Waals surface area contributed by atoms with Gasteiger partial charge in [-0.25, -0.2) is 9.59 Å². The molecule has 9 nitrogen and oxygen atoms in total. The summed E-state index contributed by atoms with van der Waals surface area (Å²) in [6.07, 6.45) is 1.32. The summed E-state index contributed by atoms with van der Waals surface area (Å²) in [6, 6.07) is 1.76. The minimum atomic E-state index is -0.541. The molecule has 1 atom stereocenters. The molecule has 0 unspecified atom stereocenters. The van der Waals surface area contributed by atoms with E-state index < -0.39 is 11.7 Å². The summed E-state index contributed by atoms with van der Waals surface area (Å²) in [7, 11) is 3.11. The molecule has 3 rings (SSSR count). The van der Waals surface area contributed by atoms with Gasteiger partial charge in [0.05, 0.1) is 5.52 Å². The second-order valence-electron chi connectivity index (χ2n) is 8.05. The van der Waals surface area contributed by atoms with Crippen molar-refractivity contribution in [1.82, 2.24) is 19.4 Å². The lowest BCUT2D eigenvalue weighted by Crippen LogP contribution is -2.49. The molecule has 1 aliphatic rings. The maximum absolute atomic E-state index is 12.4. The number of hydrogen-bond donors (Lipinski definition) is 2. The molecule has 1 saturated heterocycles. The molecule has 2 aromatic heterocycles. The van der Waals surface area contributed by atoms with Crippen LogP contribution in [0.4, 0.5) is 10.6 Å². The zero-order valence-electron chi connectivity index (χ0n) is 16.5. The zero-order chi connectivity index (χ0) is 19.9. The zero-order valence-corrected chi connectivity index (χ0v) is 16.5. The third-order valence-corrected chi connectivity index (χ3v) is 4.72. The van der Waals surface area contributed by atoms with E-state index in [-0.39, 0.29) is 17.3 Å². The lowest BCUT2D eigenvalue weighted by molar-refractivity contribution is 0.0500. The predicted octanol–water partition coefficient (Wildman–Crippen LogP) is 1.06. The van der Waals surface area contributed by atoms with Crippen LogP contribution in [0.3, 0.4) is 0 Å². The van der Waals surface area contributed by atoms with Gasteiger partial charge in [0.2, 0.25) is 0 Å². The first-order valence-electron chi connectivity index (χ1n) is 9.10. The number of carbonyl (C=O) groups excluding carboxylic acids is 1. The molecule has 148 valence electrons. The molecule has 0 aliphatic carbocycles. The number of piperidine rings is 1. The highest BCUT2D eigenvalue weighted by atomic mass is 16.6. The third-order valence-electron chi connectivity index (χ3n) is 4.72. The predicted molar refractivity (Wildman–Crippen MR) is 103 cm³/mol. The van der Waals surface area contributed by atoms with E-state index in [1.807, 2.05) is 26.8 Å². The van der Waals surface area contributed by atoms with Crippen LogP contribution in [0.15, 0.2) is 15.7 Å². The fourth-order valence-corrected chi connectivity index (χ4v) is 3.40. The van der Waals surface area contributed by atoms with Gasteiger partial charge in [0, 0.05) is 39.3 Å². The van der Waals surface area contributed by atoms with Crippen molar-refractivity contribution in [3.05, 3.63) is 26.9 Å². The number of hydrogen-bond acceptors (Lipinski definition) is 5. The summed E-state index contributed by atoms with van der Waals surface area (Å²) in [5.41, 5.74) is -0.279. The highest BCUT2D eigenvalue weighted by Crippen LogP contribution is 2.22. The summed E-state index contributed by atoms with van der Waals surface area (Å²) < 4.78 is 7.87. The highest BCUT2D eigenvalue weighted by Gasteiger charge is 2.25. The molecule has 2 N–H and O–H groups in total. The molecule has 0 aromatic carbocycles. The van der Waals surface area contributed by atoms with Gasteiger partial charge in [0.15, 0.2) is 0 Å². The van der Waals surface area contributed by atoms with E-state index in [2.05, 4.69) is 15.2 Å². The van der Waals surface area contributed by atoms with E-state index in [4.69, 9.17) is 4.74 Å². The average Bonchev–Trinajstić information content (AvgIpc) is 3.02. The quantitative estimate of drug-likeness (QED) is 0.815. The van der Waals surface area contributed by atoms with E-state index in [1.165, 1.54) is 11.6 Å². The molecule has 9 heteroatoms. The molecular formula is C18H27N5O4. The molecule has 1 fully saturated rings. The first-order valence-corrected chi connectivity index (χ1v) is 9.10. The first-order chi connectivity index (χ1) is 12.6. The van der Waals surface area contributed by atoms with Gasteiger partial charge in [-0.2, -0.15) is 0 Å². The van der Waals surface area contributed by atoms with Gasteiger partial charge < -0.3 is 19.9 Å². The number of nitrogens with one attached hydrogen (secondary N) is 2. The number of H-pyrrole nitrogens is 1. The van der Waals surface area contributed by atoms with Crippen LogP contribution in [0.1, 0.15) is 33.6 Å². The van der Waals surface area contributed by atoms with Crippen molar-refractivity contribution in [2.75, 3.05) is 18.0 Å². The molecule has 0 bridgehead atoms. The fraction of sp³-hybridized carbons (Fsp3) is 0.611. The second kappa shape index (κ2) is 6.79. The van der Waals surface area contributed by atoms with Crippen LogP contribution in [0, 0.1) is 0 Å². The number of aromatic amines is 1. The molecule has 2 aromatic rings. The number of amides is 1. The number of fused-ring (bicyclic) bond motifs is 1. The first kappa shape index (κ1) is 19.1. The Hall–Kier alpha value is -2.71. The van der Waals surface area contributed by atoms with Crippen molar-refractivity contribution in [2.24, 2.45) is 14.1 Å². The third kappa shape index (κ3) is 3.86. The van der Waals surface area contributed by atoms with Crippen molar-refractivity contribution >= 4 is 22.9 Å². The molecule has 1 aliphatic heterocycles. The summed E-state index contributed by atoms with van der Waals surface area (Å²) in [5, 5.41) is 2.91. The van der Waals surface area contributed by atoms with Crippen molar-refractivity contribution < 1.29 is 9.53 Å². The van der Waals surface area contributed by atoms with E-state index in [0.29, 0.717) is 17.6 Å². The van der Waals surface area contributed by atoms with Crippen molar-refractivity contribution in [2.45, 2.75) is 45.3 Å². The highest BCUT2D eigenvalue weighted by molar-refractivity contribution is 5.80. The lowest BCUT2D eigenvalue weighted by atomic mass is 10.1. The molecule has 0 saturated carbocycles. The minimum Gasteiger partial charge on any atom is -0.444 e. The average molecular weight is 377 g/mol. The van der Waals surface area contributed by atoms with E-state index >= 15 is 0 Å². The van der Waals surface area contributed by atoms with E-state index in [0.717, 1.165) is 29.8 Å². The van der Waals surface area contributed by atoms with Gasteiger partial charge in [-0.1, -0.05) is 0 Å². The van der Waals surface area contributed by atoms with Gasteiger partial charge in [0.1, 0.15) is 16.9 Å². The van der Waals surface area contributed by atoms with Crippen LogP contribution in [-0.4, -0.2) is 44.9 Å². The second-order valence-corrected chi connectivity index (χ2v) is 8.05. The number of carbonyl (C=O) groups is 1. The standard InChI is InChI=1S/C18H27N5O4/c1-18(2,3)27-16(25)19-11-7-6-8-23(10-11)13-9-12-14(20-13)15(24)22(5)17(26)21(12)4/h9,11,20H,6-8,10H2,1-5H3,(H,19,25)/t11-/m0/s1. The number of aryl methyl sites for hydroxylation is 1. The molecule has 3 heterocycles. The number of anilines is 1. The summed E-state index contributed by atoms with van der Waals surface area (Å²) in [6.45, 7) is 6.88. The monoisotopic (exact) mass is 377 g/mol. The Bertz CT molecular complexity index is 979. The normalized spacial score (nSPS) is 18.0. The maximum Gasteiger partial charge on any atom is 0.407 e. The summed E-state index contributed by atoms with van der Waals surface area (Å²) in [4.78, 5) is 41.7. The molecule has 0 radical (unpaired) electrons. The number of rotatable bonds is 2. The van der Waals surface area contributed by atoms with Crippen LogP contribution in [0.5, 0.6) is 0 Å². The van der Waals surface area contributed by atoms with E-state index in [1.54, 1.807) is 7.05 Å². The topological polar surface area (TPSA) is 101 Å². The van der Waals surface area contributed by atoms with Gasteiger partial charge >= 0.3 is 11.8 Å². The maximum atomic E-state index is 12.4. The number of aromatic nitrogens is 3. The summed E-state index contributed by atoms with van der Waals surface area (Å²) in [5.74, 6) is 0.763. The Kier molecular flexibility index (Phi) is 4.79. The molecule has 27 heavy (non-hydrogen) atoms. The lowest BCUT2D eigenvalue weighted by Gasteiger charge is -2.34.